The smallest absolute Gasteiger partial charge is 0.370 e. The molecule has 31 heavy (non-hydrogen) atoms. The molecule has 6 heteroatoms. The van der Waals surface area contributed by atoms with Gasteiger partial charge in [0.2, 0.25) is 6.34 Å². The topological polar surface area (TPSA) is 33.9 Å². The number of aryl methyl sites for hydroxylation is 3. The highest BCUT2D eigenvalue weighted by molar-refractivity contribution is 6.75. The van der Waals surface area contributed by atoms with Gasteiger partial charge in [-0.3, -0.25) is 4.58 Å². The van der Waals surface area contributed by atoms with Gasteiger partial charge < -0.3 is 13.3 Å². The molecule has 1 heterocycles. The molecule has 3 rings (SSSR count). The Morgan fingerprint density at radius 1 is 0.871 bits per heavy atom. The minimum atomic E-state index is -2.84. The van der Waals surface area contributed by atoms with Crippen molar-refractivity contribution in [2.24, 2.45) is 0 Å². The van der Waals surface area contributed by atoms with Gasteiger partial charge in [0.05, 0.1) is 0 Å². The number of anilines is 1. The SMILES string of the molecule is CCO[Si](OCC)(OCC)c1ccc(C[N+]2=CN(c3c(C)cc(C)cc3C)CC2)cc1. The number of hydrogen-bond acceptors (Lipinski definition) is 4. The van der Waals surface area contributed by atoms with Crippen molar-refractivity contribution in [3.63, 3.8) is 0 Å². The van der Waals surface area contributed by atoms with E-state index in [9.17, 15) is 0 Å². The average Bonchev–Trinajstić information content (AvgIpc) is 3.16. The Morgan fingerprint density at radius 3 is 1.94 bits per heavy atom. The summed E-state index contributed by atoms with van der Waals surface area (Å²) in [6.45, 7) is 17.2. The normalized spacial score (nSPS) is 14.3. The maximum absolute atomic E-state index is 6.03. The van der Waals surface area contributed by atoms with Gasteiger partial charge in [-0.15, -0.1) is 0 Å². The van der Waals surface area contributed by atoms with Gasteiger partial charge in [-0.1, -0.05) is 42.0 Å². The van der Waals surface area contributed by atoms with Crippen LogP contribution in [0.2, 0.25) is 0 Å². The third kappa shape index (κ3) is 5.44. The number of nitrogens with zero attached hydrogens (tertiary/aromatic N) is 2. The Morgan fingerprint density at radius 2 is 1.42 bits per heavy atom. The van der Waals surface area contributed by atoms with E-state index in [1.54, 1.807) is 0 Å². The van der Waals surface area contributed by atoms with Crippen LogP contribution in [0, 0.1) is 20.8 Å². The van der Waals surface area contributed by atoms with Gasteiger partial charge in [0.25, 0.3) is 0 Å². The lowest BCUT2D eigenvalue weighted by Crippen LogP contribution is -2.56. The summed E-state index contributed by atoms with van der Waals surface area (Å²) in [5, 5.41) is 1.03. The zero-order valence-electron chi connectivity index (χ0n) is 19.9. The van der Waals surface area contributed by atoms with Crippen LogP contribution in [0.5, 0.6) is 0 Å². The fourth-order valence-corrected chi connectivity index (χ4v) is 6.92. The number of benzene rings is 2. The molecule has 0 radical (unpaired) electrons. The van der Waals surface area contributed by atoms with Gasteiger partial charge in [0.15, 0.2) is 0 Å². The first-order valence-electron chi connectivity index (χ1n) is 11.4. The van der Waals surface area contributed by atoms with Crippen molar-refractivity contribution in [3.8, 4) is 0 Å². The molecule has 168 valence electrons. The lowest BCUT2D eigenvalue weighted by Gasteiger charge is -2.28. The quantitative estimate of drug-likeness (QED) is 0.413. The summed E-state index contributed by atoms with van der Waals surface area (Å²) in [6.07, 6.45) is 2.26. The van der Waals surface area contributed by atoms with Crippen LogP contribution in [0.3, 0.4) is 0 Å². The van der Waals surface area contributed by atoms with Gasteiger partial charge in [-0.2, -0.15) is 0 Å². The molecule has 1 aliphatic heterocycles. The summed E-state index contributed by atoms with van der Waals surface area (Å²) >= 11 is 0. The number of rotatable bonds is 10. The fraction of sp³-hybridized carbons (Fsp3) is 0.480. The monoisotopic (exact) mass is 441 g/mol. The van der Waals surface area contributed by atoms with Crippen molar-refractivity contribution in [1.82, 2.24) is 0 Å². The Labute approximate surface area is 188 Å². The average molecular weight is 442 g/mol. The minimum absolute atomic E-state index is 0.574. The van der Waals surface area contributed by atoms with Crippen molar-refractivity contribution in [3.05, 3.63) is 58.7 Å². The second-order valence-electron chi connectivity index (χ2n) is 8.08. The van der Waals surface area contributed by atoms with E-state index in [1.807, 2.05) is 20.8 Å². The Kier molecular flexibility index (Phi) is 8.05. The Balaban J connectivity index is 1.76. The van der Waals surface area contributed by atoms with Gasteiger partial charge in [-0.05, 0) is 58.2 Å². The molecule has 0 N–H and O–H groups in total. The summed E-state index contributed by atoms with van der Waals surface area (Å²) in [4.78, 5) is 2.38. The predicted octanol–water partition coefficient (Wildman–Crippen LogP) is 3.93. The van der Waals surface area contributed by atoms with Crippen LogP contribution in [0.4, 0.5) is 5.69 Å². The van der Waals surface area contributed by atoms with Crippen molar-refractivity contribution >= 4 is 26.0 Å². The largest absolute Gasteiger partial charge is 0.537 e. The molecule has 2 aromatic rings. The minimum Gasteiger partial charge on any atom is -0.370 e. The molecule has 0 atom stereocenters. The molecule has 0 aromatic heterocycles. The molecule has 0 unspecified atom stereocenters. The molecular formula is C25H37N2O3Si+. The van der Waals surface area contributed by atoms with E-state index in [4.69, 9.17) is 13.3 Å². The van der Waals surface area contributed by atoms with Crippen molar-refractivity contribution in [2.45, 2.75) is 48.1 Å². The van der Waals surface area contributed by atoms with Gasteiger partial charge >= 0.3 is 8.80 Å². The van der Waals surface area contributed by atoms with Gasteiger partial charge in [-0.25, -0.2) is 4.90 Å². The van der Waals surface area contributed by atoms with Crippen LogP contribution < -0.4 is 10.1 Å². The fourth-order valence-electron chi connectivity index (χ4n) is 4.46. The summed E-state index contributed by atoms with van der Waals surface area (Å²) < 4.78 is 20.5. The highest BCUT2D eigenvalue weighted by Gasteiger charge is 2.43. The molecule has 5 nitrogen and oxygen atoms in total. The molecule has 0 saturated carbocycles. The molecule has 0 aliphatic carbocycles. The Hall–Kier alpha value is -1.99. The molecule has 0 bridgehead atoms. The summed E-state index contributed by atoms with van der Waals surface area (Å²) in [6, 6.07) is 13.1. The standard InChI is InChI=1S/C25H37N2O3Si/c1-7-28-31(29-8-2,30-9-3)24-12-10-23(11-13-24)18-26-14-15-27(19-26)25-21(5)16-20(4)17-22(25)6/h10-13,16-17,19H,7-9,14-15,18H2,1-6H3/q+1. The molecular weight excluding hydrogens is 404 g/mol. The zero-order chi connectivity index (χ0) is 22.4. The van der Waals surface area contributed by atoms with Crippen molar-refractivity contribution in [2.75, 3.05) is 37.8 Å². The lowest BCUT2D eigenvalue weighted by atomic mass is 10.0. The maximum Gasteiger partial charge on any atom is 0.537 e. The van der Waals surface area contributed by atoms with Crippen LogP contribution in [0.15, 0.2) is 36.4 Å². The van der Waals surface area contributed by atoms with E-state index >= 15 is 0 Å². The van der Waals surface area contributed by atoms with Crippen LogP contribution in [-0.4, -0.2) is 52.6 Å². The summed E-state index contributed by atoms with van der Waals surface area (Å²) in [7, 11) is -2.84. The molecule has 1 aliphatic rings. The van der Waals surface area contributed by atoms with Gasteiger partial charge in [0, 0.05) is 25.0 Å². The van der Waals surface area contributed by atoms with Crippen LogP contribution in [0.1, 0.15) is 43.0 Å². The summed E-state index contributed by atoms with van der Waals surface area (Å²) in [5.41, 5.74) is 6.60. The van der Waals surface area contributed by atoms with Crippen molar-refractivity contribution < 1.29 is 17.9 Å². The third-order valence-corrected chi connectivity index (χ3v) is 8.60. The first kappa shape index (κ1) is 23.7. The Bertz CT molecular complexity index is 871. The lowest BCUT2D eigenvalue weighted by molar-refractivity contribution is -0.530. The maximum atomic E-state index is 6.03. The first-order chi connectivity index (χ1) is 14.9. The van der Waals surface area contributed by atoms with E-state index in [0.29, 0.717) is 19.8 Å². The van der Waals surface area contributed by atoms with Crippen LogP contribution in [-0.2, 0) is 19.8 Å². The second kappa shape index (κ2) is 10.5. The molecule has 0 saturated heterocycles. The van der Waals surface area contributed by atoms with Crippen molar-refractivity contribution in [1.29, 1.82) is 0 Å². The molecule has 0 spiro atoms. The van der Waals surface area contributed by atoms with E-state index in [0.717, 1.165) is 24.8 Å². The second-order valence-corrected chi connectivity index (χ2v) is 10.6. The van der Waals surface area contributed by atoms with E-state index in [-0.39, 0.29) is 0 Å². The van der Waals surface area contributed by atoms with Crippen LogP contribution in [0.25, 0.3) is 0 Å². The highest BCUT2D eigenvalue weighted by atomic mass is 28.4. The first-order valence-corrected chi connectivity index (χ1v) is 13.1. The van der Waals surface area contributed by atoms with E-state index < -0.39 is 8.80 Å². The number of hydrogen-bond donors (Lipinski definition) is 0. The molecule has 2 aromatic carbocycles. The summed E-state index contributed by atoms with van der Waals surface area (Å²) in [5.74, 6) is 0. The van der Waals surface area contributed by atoms with E-state index in [1.165, 1.54) is 27.9 Å². The predicted molar refractivity (Wildman–Crippen MR) is 130 cm³/mol. The third-order valence-electron chi connectivity index (χ3n) is 5.55. The van der Waals surface area contributed by atoms with E-state index in [2.05, 4.69) is 73.0 Å². The van der Waals surface area contributed by atoms with Gasteiger partial charge in [0.1, 0.15) is 25.3 Å². The zero-order valence-corrected chi connectivity index (χ0v) is 20.9. The molecule has 0 fully saturated rings. The highest BCUT2D eigenvalue weighted by Crippen LogP contribution is 2.26. The van der Waals surface area contributed by atoms with Crippen LogP contribution >= 0.6 is 0 Å². The molecule has 0 amide bonds.